The van der Waals surface area contributed by atoms with Crippen molar-refractivity contribution in [2.45, 2.75) is 37.6 Å². The fourth-order valence-electron chi connectivity index (χ4n) is 3.25. The molecule has 2 fully saturated rings. The highest BCUT2D eigenvalue weighted by Gasteiger charge is 2.20. The van der Waals surface area contributed by atoms with Crippen molar-refractivity contribution < 1.29 is 13.9 Å². The number of carbonyl (C=O) groups excluding carboxylic acids is 1. The Morgan fingerprint density at radius 3 is 2.52 bits per heavy atom. The summed E-state index contributed by atoms with van der Waals surface area (Å²) in [6.45, 7) is 3.25. The van der Waals surface area contributed by atoms with E-state index in [4.69, 9.17) is 4.74 Å². The van der Waals surface area contributed by atoms with Gasteiger partial charge >= 0.3 is 0 Å². The summed E-state index contributed by atoms with van der Waals surface area (Å²) in [5, 5.41) is 6.30. The molecule has 2 saturated heterocycles. The lowest BCUT2D eigenvalue weighted by molar-refractivity contribution is 0.0696. The molecule has 2 heterocycles. The van der Waals surface area contributed by atoms with Gasteiger partial charge in [0.25, 0.3) is 5.91 Å². The summed E-state index contributed by atoms with van der Waals surface area (Å²) in [5.74, 6) is -0.165. The molecule has 0 radical (unpaired) electrons. The molecule has 1 aromatic rings. The first kappa shape index (κ1) is 18.2. The predicted molar refractivity (Wildman–Crippen MR) is 89.8 cm³/mol. The lowest BCUT2D eigenvalue weighted by atomic mass is 9.89. The number of nitrogens with one attached hydrogen (secondary N) is 2. The van der Waals surface area contributed by atoms with Gasteiger partial charge in [-0.25, -0.2) is 4.39 Å². The topological polar surface area (TPSA) is 50.4 Å². The smallest absolute Gasteiger partial charge is 0.251 e. The fourth-order valence-corrected chi connectivity index (χ4v) is 3.25. The molecular formula is C17H24ClFN2O2. The zero-order chi connectivity index (χ0) is 15.4. The van der Waals surface area contributed by atoms with E-state index in [1.54, 1.807) is 6.07 Å². The maximum atomic E-state index is 13.9. The molecule has 0 atom stereocenters. The van der Waals surface area contributed by atoms with Gasteiger partial charge in [-0.1, -0.05) is 0 Å². The maximum Gasteiger partial charge on any atom is 0.251 e. The number of hydrogen-bond donors (Lipinski definition) is 2. The number of benzene rings is 1. The Morgan fingerprint density at radius 1 is 1.13 bits per heavy atom. The van der Waals surface area contributed by atoms with Gasteiger partial charge in [-0.3, -0.25) is 4.79 Å². The van der Waals surface area contributed by atoms with Gasteiger partial charge in [0.15, 0.2) is 0 Å². The van der Waals surface area contributed by atoms with Gasteiger partial charge in [-0.2, -0.15) is 0 Å². The SMILES string of the molecule is Cl.O=C(NC1CCOCC1)c1cc(F)cc(C2CCNCC2)c1. The molecule has 3 rings (SSSR count). The van der Waals surface area contributed by atoms with Crippen molar-refractivity contribution in [3.8, 4) is 0 Å². The fraction of sp³-hybridized carbons (Fsp3) is 0.588. The second-order valence-corrected chi connectivity index (χ2v) is 6.16. The Labute approximate surface area is 142 Å². The lowest BCUT2D eigenvalue weighted by Crippen LogP contribution is -2.39. The van der Waals surface area contributed by atoms with Crippen LogP contribution in [-0.2, 0) is 4.74 Å². The van der Waals surface area contributed by atoms with Crippen LogP contribution in [0.25, 0.3) is 0 Å². The molecule has 1 amide bonds. The maximum absolute atomic E-state index is 13.9. The number of hydrogen-bond acceptors (Lipinski definition) is 3. The zero-order valence-corrected chi connectivity index (χ0v) is 14.0. The minimum atomic E-state index is -0.326. The van der Waals surface area contributed by atoms with Crippen molar-refractivity contribution in [2.24, 2.45) is 0 Å². The lowest BCUT2D eigenvalue weighted by Gasteiger charge is -2.25. The third kappa shape index (κ3) is 4.90. The summed E-state index contributed by atoms with van der Waals surface area (Å²) in [4.78, 5) is 12.4. The Balaban J connectivity index is 0.00000192. The minimum Gasteiger partial charge on any atom is -0.381 e. The van der Waals surface area contributed by atoms with Crippen molar-refractivity contribution in [2.75, 3.05) is 26.3 Å². The number of carbonyl (C=O) groups is 1. The number of amides is 1. The van der Waals surface area contributed by atoms with Gasteiger partial charge in [-0.05, 0) is 68.5 Å². The predicted octanol–water partition coefficient (Wildman–Crippen LogP) is 2.62. The molecule has 0 aromatic heterocycles. The van der Waals surface area contributed by atoms with Crippen molar-refractivity contribution >= 4 is 18.3 Å². The molecule has 0 spiro atoms. The molecule has 2 N–H and O–H groups in total. The highest BCUT2D eigenvalue weighted by atomic mass is 35.5. The third-order valence-electron chi connectivity index (χ3n) is 4.55. The largest absolute Gasteiger partial charge is 0.381 e. The van der Waals surface area contributed by atoms with Crippen LogP contribution in [0.4, 0.5) is 4.39 Å². The molecule has 0 saturated carbocycles. The third-order valence-corrected chi connectivity index (χ3v) is 4.55. The number of rotatable bonds is 3. The van der Waals surface area contributed by atoms with Crippen molar-refractivity contribution in [1.82, 2.24) is 10.6 Å². The summed E-state index contributed by atoms with van der Waals surface area (Å²) >= 11 is 0. The normalized spacial score (nSPS) is 19.9. The second-order valence-electron chi connectivity index (χ2n) is 6.16. The van der Waals surface area contributed by atoms with Crippen LogP contribution in [0.15, 0.2) is 18.2 Å². The van der Waals surface area contributed by atoms with E-state index in [0.717, 1.165) is 44.3 Å². The molecule has 2 aliphatic rings. The van der Waals surface area contributed by atoms with Crippen LogP contribution >= 0.6 is 12.4 Å². The molecular weight excluding hydrogens is 319 g/mol. The first-order valence-corrected chi connectivity index (χ1v) is 8.12. The van der Waals surface area contributed by atoms with Crippen LogP contribution < -0.4 is 10.6 Å². The Morgan fingerprint density at radius 2 is 1.83 bits per heavy atom. The Kier molecular flexibility index (Phi) is 6.81. The summed E-state index contributed by atoms with van der Waals surface area (Å²) in [7, 11) is 0. The van der Waals surface area contributed by atoms with E-state index in [0.29, 0.717) is 24.7 Å². The summed E-state index contributed by atoms with van der Waals surface area (Å²) in [6, 6.07) is 4.89. The molecule has 0 bridgehead atoms. The number of halogens is 2. The van der Waals surface area contributed by atoms with Gasteiger partial charge in [0.05, 0.1) is 0 Å². The summed E-state index contributed by atoms with van der Waals surface area (Å²) < 4.78 is 19.2. The molecule has 1 aromatic carbocycles. The van der Waals surface area contributed by atoms with Gasteiger partial charge < -0.3 is 15.4 Å². The van der Waals surface area contributed by atoms with E-state index in [9.17, 15) is 9.18 Å². The van der Waals surface area contributed by atoms with Crippen LogP contribution in [0, 0.1) is 5.82 Å². The van der Waals surface area contributed by atoms with Crippen molar-refractivity contribution in [3.05, 3.63) is 35.1 Å². The summed E-state index contributed by atoms with van der Waals surface area (Å²) in [6.07, 6.45) is 3.62. The molecule has 4 nitrogen and oxygen atoms in total. The van der Waals surface area contributed by atoms with E-state index < -0.39 is 0 Å². The quantitative estimate of drug-likeness (QED) is 0.887. The Bertz CT molecular complexity index is 529. The first-order valence-electron chi connectivity index (χ1n) is 8.12. The molecule has 23 heavy (non-hydrogen) atoms. The average Bonchev–Trinajstić information content (AvgIpc) is 2.56. The molecule has 0 unspecified atom stereocenters. The molecule has 0 aliphatic carbocycles. The monoisotopic (exact) mass is 342 g/mol. The van der Waals surface area contributed by atoms with Gasteiger partial charge in [-0.15, -0.1) is 12.4 Å². The van der Waals surface area contributed by atoms with Gasteiger partial charge in [0, 0.05) is 24.8 Å². The van der Waals surface area contributed by atoms with Crippen LogP contribution in [0.2, 0.25) is 0 Å². The highest BCUT2D eigenvalue weighted by Crippen LogP contribution is 2.26. The van der Waals surface area contributed by atoms with Crippen LogP contribution in [0.1, 0.15) is 47.5 Å². The van der Waals surface area contributed by atoms with E-state index in [-0.39, 0.29) is 30.2 Å². The number of piperidine rings is 1. The van der Waals surface area contributed by atoms with Gasteiger partial charge in [0.2, 0.25) is 0 Å². The summed E-state index contributed by atoms with van der Waals surface area (Å²) in [5.41, 5.74) is 1.37. The number of ether oxygens (including phenoxy) is 1. The van der Waals surface area contributed by atoms with E-state index >= 15 is 0 Å². The highest BCUT2D eigenvalue weighted by molar-refractivity contribution is 5.94. The molecule has 128 valence electrons. The van der Waals surface area contributed by atoms with Gasteiger partial charge in [0.1, 0.15) is 5.82 Å². The van der Waals surface area contributed by atoms with Crippen molar-refractivity contribution in [1.29, 1.82) is 0 Å². The van der Waals surface area contributed by atoms with E-state index in [1.165, 1.54) is 6.07 Å². The second kappa shape index (κ2) is 8.62. The standard InChI is InChI=1S/C17H23FN2O2.ClH/c18-15-10-13(12-1-5-19-6-2-12)9-14(11-15)17(21)20-16-3-7-22-8-4-16;/h9-12,16,19H,1-8H2,(H,20,21);1H. The Hall–Kier alpha value is -1.17. The minimum absolute atomic E-state index is 0. The van der Waals surface area contributed by atoms with Crippen molar-refractivity contribution in [3.63, 3.8) is 0 Å². The van der Waals surface area contributed by atoms with E-state index in [1.807, 2.05) is 6.07 Å². The van der Waals surface area contributed by atoms with Crippen LogP contribution in [0.3, 0.4) is 0 Å². The van der Waals surface area contributed by atoms with Crippen LogP contribution in [0.5, 0.6) is 0 Å². The average molecular weight is 343 g/mol. The molecule has 2 aliphatic heterocycles. The molecule has 6 heteroatoms. The zero-order valence-electron chi connectivity index (χ0n) is 13.1. The van der Waals surface area contributed by atoms with E-state index in [2.05, 4.69) is 10.6 Å². The van der Waals surface area contributed by atoms with Crippen LogP contribution in [-0.4, -0.2) is 38.3 Å². The first-order chi connectivity index (χ1) is 10.7.